The molecule has 1 unspecified atom stereocenters. The third-order valence-corrected chi connectivity index (χ3v) is 2.06. The molecule has 0 radical (unpaired) electrons. The molecule has 1 atom stereocenters. The zero-order chi connectivity index (χ0) is 8.97. The lowest BCUT2D eigenvalue weighted by Crippen LogP contribution is -2.43. The van der Waals surface area contributed by atoms with Gasteiger partial charge in [-0.15, -0.1) is 0 Å². The van der Waals surface area contributed by atoms with Crippen LogP contribution in [0.1, 0.15) is 26.2 Å². The Hall–Kier alpha value is -1.06. The van der Waals surface area contributed by atoms with Gasteiger partial charge in [0.05, 0.1) is 0 Å². The van der Waals surface area contributed by atoms with Crippen LogP contribution in [0.3, 0.4) is 0 Å². The quantitative estimate of drug-likeness (QED) is 0.569. The van der Waals surface area contributed by atoms with Gasteiger partial charge in [0.15, 0.2) is 6.23 Å². The second-order valence-electron chi connectivity index (χ2n) is 2.90. The minimum Gasteiger partial charge on any atom is -0.444 e. The van der Waals surface area contributed by atoms with Gasteiger partial charge in [0, 0.05) is 19.9 Å². The van der Waals surface area contributed by atoms with Crippen LogP contribution in [0.4, 0.5) is 0 Å². The Morgan fingerprint density at radius 1 is 1.58 bits per heavy atom. The number of rotatable bonds is 2. The molecule has 12 heavy (non-hydrogen) atoms. The molecule has 68 valence electrons. The molecule has 0 N–H and O–H groups in total. The second-order valence-corrected chi connectivity index (χ2v) is 2.90. The Balaban J connectivity index is 2.53. The van der Waals surface area contributed by atoms with E-state index in [2.05, 4.69) is 0 Å². The number of carbonyl (C=O) groups is 2. The maximum absolute atomic E-state index is 11.0. The van der Waals surface area contributed by atoms with E-state index >= 15 is 0 Å². The fraction of sp³-hybridized carbons (Fsp3) is 0.750. The van der Waals surface area contributed by atoms with E-state index in [9.17, 15) is 9.59 Å². The summed E-state index contributed by atoms with van der Waals surface area (Å²) >= 11 is 0. The summed E-state index contributed by atoms with van der Waals surface area (Å²) in [5.41, 5.74) is 0. The van der Waals surface area contributed by atoms with Crippen molar-refractivity contribution in [3.63, 3.8) is 0 Å². The number of hydrogen-bond acceptors (Lipinski definition) is 3. The largest absolute Gasteiger partial charge is 0.444 e. The van der Waals surface area contributed by atoms with E-state index in [1.807, 2.05) is 0 Å². The van der Waals surface area contributed by atoms with Gasteiger partial charge in [0.2, 0.25) is 5.91 Å². The summed E-state index contributed by atoms with van der Waals surface area (Å²) in [5.74, 6) is -0.0263. The number of ether oxygens (including phenoxy) is 1. The van der Waals surface area contributed by atoms with Crippen molar-refractivity contribution in [2.45, 2.75) is 32.4 Å². The predicted molar refractivity (Wildman–Crippen MR) is 42.2 cm³/mol. The fourth-order valence-corrected chi connectivity index (χ4v) is 1.47. The summed E-state index contributed by atoms with van der Waals surface area (Å²) in [6, 6.07) is 0. The van der Waals surface area contributed by atoms with Crippen molar-refractivity contribution in [1.29, 1.82) is 0 Å². The first-order valence-corrected chi connectivity index (χ1v) is 4.12. The minimum absolute atomic E-state index is 0.0263. The highest BCUT2D eigenvalue weighted by atomic mass is 16.5. The third-order valence-electron chi connectivity index (χ3n) is 2.06. The first kappa shape index (κ1) is 9.03. The van der Waals surface area contributed by atoms with Crippen LogP contribution in [0.15, 0.2) is 0 Å². The molecule has 1 rings (SSSR count). The summed E-state index contributed by atoms with van der Waals surface area (Å²) in [6.07, 6.45) is 2.45. The van der Waals surface area contributed by atoms with Crippen molar-refractivity contribution < 1.29 is 14.3 Å². The van der Waals surface area contributed by atoms with Crippen molar-refractivity contribution in [2.24, 2.45) is 0 Å². The summed E-state index contributed by atoms with van der Waals surface area (Å²) < 4.78 is 4.78. The summed E-state index contributed by atoms with van der Waals surface area (Å²) in [5, 5.41) is 0. The highest BCUT2D eigenvalue weighted by molar-refractivity contribution is 5.73. The maximum atomic E-state index is 11.0. The molecule has 1 saturated heterocycles. The SMILES string of the molecule is CC(=O)N1CCCCC1OC=O. The monoisotopic (exact) mass is 171 g/mol. The van der Waals surface area contributed by atoms with Crippen LogP contribution in [0.2, 0.25) is 0 Å². The maximum Gasteiger partial charge on any atom is 0.295 e. The average Bonchev–Trinajstić information content (AvgIpc) is 2.05. The molecule has 0 aromatic rings. The minimum atomic E-state index is -0.325. The highest BCUT2D eigenvalue weighted by Crippen LogP contribution is 2.17. The molecular formula is C8H13NO3. The Morgan fingerprint density at radius 2 is 2.33 bits per heavy atom. The molecular weight excluding hydrogens is 158 g/mol. The Morgan fingerprint density at radius 3 is 2.92 bits per heavy atom. The second kappa shape index (κ2) is 4.09. The Kier molecular flexibility index (Phi) is 3.08. The zero-order valence-corrected chi connectivity index (χ0v) is 7.16. The summed E-state index contributed by atoms with van der Waals surface area (Å²) in [4.78, 5) is 22.7. The average molecular weight is 171 g/mol. The van der Waals surface area contributed by atoms with E-state index < -0.39 is 0 Å². The van der Waals surface area contributed by atoms with Crippen molar-refractivity contribution in [1.82, 2.24) is 4.90 Å². The van der Waals surface area contributed by atoms with Gasteiger partial charge >= 0.3 is 0 Å². The van der Waals surface area contributed by atoms with E-state index in [0.717, 1.165) is 19.3 Å². The highest BCUT2D eigenvalue weighted by Gasteiger charge is 2.24. The molecule has 0 bridgehead atoms. The van der Waals surface area contributed by atoms with Crippen LogP contribution in [-0.4, -0.2) is 30.1 Å². The van der Waals surface area contributed by atoms with Gasteiger partial charge < -0.3 is 9.64 Å². The standard InChI is InChI=1S/C8H13NO3/c1-7(11)9-5-3-2-4-8(9)12-6-10/h6,8H,2-5H2,1H3. The number of hydrogen-bond donors (Lipinski definition) is 0. The first-order chi connectivity index (χ1) is 5.75. The van der Waals surface area contributed by atoms with Gasteiger partial charge in [0.25, 0.3) is 6.47 Å². The smallest absolute Gasteiger partial charge is 0.295 e. The van der Waals surface area contributed by atoms with Crippen molar-refractivity contribution in [3.8, 4) is 0 Å². The lowest BCUT2D eigenvalue weighted by Gasteiger charge is -2.32. The van der Waals surface area contributed by atoms with Gasteiger partial charge in [-0.25, -0.2) is 0 Å². The molecule has 0 saturated carbocycles. The van der Waals surface area contributed by atoms with Crippen molar-refractivity contribution >= 4 is 12.4 Å². The van der Waals surface area contributed by atoms with Crippen LogP contribution in [0.5, 0.6) is 0 Å². The van der Waals surface area contributed by atoms with Gasteiger partial charge in [0.1, 0.15) is 0 Å². The zero-order valence-electron chi connectivity index (χ0n) is 7.16. The van der Waals surface area contributed by atoms with Gasteiger partial charge in [-0.2, -0.15) is 0 Å². The number of likely N-dealkylation sites (tertiary alicyclic amines) is 1. The van der Waals surface area contributed by atoms with Gasteiger partial charge in [-0.3, -0.25) is 9.59 Å². The van der Waals surface area contributed by atoms with Crippen molar-refractivity contribution in [2.75, 3.05) is 6.54 Å². The number of nitrogens with zero attached hydrogens (tertiary/aromatic N) is 1. The summed E-state index contributed by atoms with van der Waals surface area (Å²) in [7, 11) is 0. The van der Waals surface area contributed by atoms with Crippen LogP contribution < -0.4 is 0 Å². The topological polar surface area (TPSA) is 46.6 Å². The molecule has 1 fully saturated rings. The first-order valence-electron chi connectivity index (χ1n) is 4.12. The van der Waals surface area contributed by atoms with Crippen LogP contribution in [0.25, 0.3) is 0 Å². The molecule has 4 nitrogen and oxygen atoms in total. The third kappa shape index (κ3) is 1.96. The van der Waals surface area contributed by atoms with E-state index in [4.69, 9.17) is 4.74 Å². The number of carbonyl (C=O) groups excluding carboxylic acids is 2. The Labute approximate surface area is 71.5 Å². The lowest BCUT2D eigenvalue weighted by molar-refractivity contribution is -0.156. The Bertz CT molecular complexity index is 181. The molecule has 0 aliphatic carbocycles. The van der Waals surface area contributed by atoms with E-state index in [1.165, 1.54) is 6.92 Å². The molecule has 4 heteroatoms. The predicted octanol–water partition coefficient (Wildman–Crippen LogP) is 0.518. The van der Waals surface area contributed by atoms with Gasteiger partial charge in [-0.1, -0.05) is 0 Å². The van der Waals surface area contributed by atoms with E-state index in [0.29, 0.717) is 13.0 Å². The normalized spacial score (nSPS) is 23.4. The fourth-order valence-electron chi connectivity index (χ4n) is 1.47. The molecule has 0 spiro atoms. The van der Waals surface area contributed by atoms with Gasteiger partial charge in [-0.05, 0) is 12.8 Å². The van der Waals surface area contributed by atoms with E-state index in [-0.39, 0.29) is 12.1 Å². The van der Waals surface area contributed by atoms with Crippen molar-refractivity contribution in [3.05, 3.63) is 0 Å². The van der Waals surface area contributed by atoms with E-state index in [1.54, 1.807) is 4.90 Å². The molecule has 1 amide bonds. The molecule has 1 heterocycles. The lowest BCUT2D eigenvalue weighted by atomic mass is 10.1. The molecule has 0 aromatic heterocycles. The van der Waals surface area contributed by atoms with Crippen LogP contribution in [-0.2, 0) is 14.3 Å². The number of amides is 1. The molecule has 1 aliphatic heterocycles. The molecule has 0 aromatic carbocycles. The van der Waals surface area contributed by atoms with Crippen LogP contribution in [0, 0.1) is 0 Å². The summed E-state index contributed by atoms with van der Waals surface area (Å²) in [6.45, 7) is 2.60. The molecule has 1 aliphatic rings. The van der Waals surface area contributed by atoms with Crippen LogP contribution >= 0.6 is 0 Å². The number of piperidine rings is 1.